The first-order valence-electron chi connectivity index (χ1n) is 4.40. The minimum Gasteiger partial charge on any atom is -0.394 e. The van der Waals surface area contributed by atoms with E-state index >= 15 is 0 Å². The van der Waals surface area contributed by atoms with Gasteiger partial charge in [0.05, 0.1) is 6.61 Å². The van der Waals surface area contributed by atoms with E-state index in [1.807, 2.05) is 19.1 Å². The summed E-state index contributed by atoms with van der Waals surface area (Å²) in [5.74, 6) is -0.347. The molecule has 1 aromatic rings. The molecule has 1 aliphatic rings. The summed E-state index contributed by atoms with van der Waals surface area (Å²) < 4.78 is 0. The van der Waals surface area contributed by atoms with Gasteiger partial charge in [0.25, 0.3) is 5.91 Å². The third kappa shape index (κ3) is 1.05. The Bertz CT molecular complexity index is 403. The van der Waals surface area contributed by atoms with Crippen LogP contribution in [0.15, 0.2) is 18.2 Å². The van der Waals surface area contributed by atoms with E-state index in [2.05, 4.69) is 5.32 Å². The van der Waals surface area contributed by atoms with Gasteiger partial charge in [0.1, 0.15) is 5.54 Å². The van der Waals surface area contributed by atoms with E-state index in [0.717, 1.165) is 5.56 Å². The number of anilines is 1. The number of fused-ring (bicyclic) bond motifs is 1. The van der Waals surface area contributed by atoms with Gasteiger partial charge in [0.15, 0.2) is 0 Å². The van der Waals surface area contributed by atoms with Crippen LogP contribution in [0.5, 0.6) is 0 Å². The molecule has 4 N–H and O–H groups in total. The predicted molar refractivity (Wildman–Crippen MR) is 52.8 cm³/mol. The molecule has 0 aromatic heterocycles. The van der Waals surface area contributed by atoms with Gasteiger partial charge in [-0.05, 0) is 13.0 Å². The Morgan fingerprint density at radius 2 is 2.29 bits per heavy atom. The molecular weight excluding hydrogens is 180 g/mol. The van der Waals surface area contributed by atoms with Crippen LogP contribution in [0.4, 0.5) is 5.69 Å². The molecule has 0 bridgehead atoms. The molecule has 1 heterocycles. The fourth-order valence-corrected chi connectivity index (χ4v) is 1.65. The number of nitrogens with two attached hydrogens (primary N) is 1. The van der Waals surface area contributed by atoms with Gasteiger partial charge in [-0.1, -0.05) is 17.7 Å². The van der Waals surface area contributed by atoms with E-state index in [-0.39, 0.29) is 12.5 Å². The highest BCUT2D eigenvalue weighted by molar-refractivity contribution is 6.05. The van der Waals surface area contributed by atoms with Gasteiger partial charge in [-0.25, -0.2) is 0 Å². The molecule has 1 amide bonds. The lowest BCUT2D eigenvalue weighted by Gasteiger charge is -2.18. The number of aryl methyl sites for hydroxylation is 1. The molecule has 0 radical (unpaired) electrons. The third-order valence-electron chi connectivity index (χ3n) is 2.56. The highest BCUT2D eigenvalue weighted by Gasteiger charge is 2.42. The molecule has 0 saturated heterocycles. The van der Waals surface area contributed by atoms with Crippen LogP contribution in [0.1, 0.15) is 11.1 Å². The summed E-state index contributed by atoms with van der Waals surface area (Å²) in [4.78, 5) is 11.5. The first kappa shape index (κ1) is 9.18. The average molecular weight is 192 g/mol. The van der Waals surface area contributed by atoms with Crippen molar-refractivity contribution in [2.75, 3.05) is 11.9 Å². The van der Waals surface area contributed by atoms with E-state index in [9.17, 15) is 4.79 Å². The zero-order valence-corrected chi connectivity index (χ0v) is 7.87. The van der Waals surface area contributed by atoms with E-state index < -0.39 is 5.54 Å². The van der Waals surface area contributed by atoms with Crippen molar-refractivity contribution in [1.29, 1.82) is 0 Å². The SMILES string of the molecule is Cc1ccc2c(c1)[C@](N)(CO)C(=O)N2. The minimum absolute atomic E-state index is 0.347. The van der Waals surface area contributed by atoms with Crippen LogP contribution in [0.25, 0.3) is 0 Å². The summed E-state index contributed by atoms with van der Waals surface area (Å²) >= 11 is 0. The molecule has 0 spiro atoms. The molecule has 1 aromatic carbocycles. The molecule has 1 atom stereocenters. The number of nitrogens with one attached hydrogen (secondary N) is 1. The maximum atomic E-state index is 11.5. The molecule has 14 heavy (non-hydrogen) atoms. The number of carbonyl (C=O) groups is 1. The fraction of sp³-hybridized carbons (Fsp3) is 0.300. The van der Waals surface area contributed by atoms with Crippen LogP contribution >= 0.6 is 0 Å². The Morgan fingerprint density at radius 3 is 2.93 bits per heavy atom. The monoisotopic (exact) mass is 192 g/mol. The molecule has 4 nitrogen and oxygen atoms in total. The Morgan fingerprint density at radius 1 is 1.57 bits per heavy atom. The summed E-state index contributed by atoms with van der Waals surface area (Å²) in [5, 5.41) is 11.8. The zero-order valence-electron chi connectivity index (χ0n) is 7.87. The van der Waals surface area contributed by atoms with Crippen molar-refractivity contribution in [2.24, 2.45) is 5.73 Å². The number of aliphatic hydroxyl groups excluding tert-OH is 1. The maximum Gasteiger partial charge on any atom is 0.251 e. The molecule has 0 fully saturated rings. The summed E-state index contributed by atoms with van der Waals surface area (Å²) in [6.45, 7) is 1.54. The van der Waals surface area contributed by atoms with Crippen molar-refractivity contribution in [3.63, 3.8) is 0 Å². The first-order chi connectivity index (χ1) is 6.58. The zero-order chi connectivity index (χ0) is 10.3. The van der Waals surface area contributed by atoms with Crippen LogP contribution < -0.4 is 11.1 Å². The summed E-state index contributed by atoms with van der Waals surface area (Å²) in [7, 11) is 0. The second-order valence-corrected chi connectivity index (χ2v) is 3.63. The van der Waals surface area contributed by atoms with E-state index in [4.69, 9.17) is 10.8 Å². The van der Waals surface area contributed by atoms with Crippen molar-refractivity contribution >= 4 is 11.6 Å². The Kier molecular flexibility index (Phi) is 1.83. The molecule has 74 valence electrons. The summed E-state index contributed by atoms with van der Waals surface area (Å²) in [6, 6.07) is 5.51. The van der Waals surface area contributed by atoms with Gasteiger partial charge in [-0.3, -0.25) is 4.79 Å². The number of carbonyl (C=O) groups excluding carboxylic acids is 1. The highest BCUT2D eigenvalue weighted by atomic mass is 16.3. The van der Waals surface area contributed by atoms with Gasteiger partial charge in [-0.15, -0.1) is 0 Å². The molecule has 4 heteroatoms. The molecule has 1 aliphatic heterocycles. The van der Waals surface area contributed by atoms with Crippen LogP contribution in [0.3, 0.4) is 0 Å². The number of hydrogen-bond donors (Lipinski definition) is 3. The number of hydrogen-bond acceptors (Lipinski definition) is 3. The quantitative estimate of drug-likeness (QED) is 0.590. The van der Waals surface area contributed by atoms with Gasteiger partial charge in [0.2, 0.25) is 0 Å². The van der Waals surface area contributed by atoms with Crippen molar-refractivity contribution in [1.82, 2.24) is 0 Å². The topological polar surface area (TPSA) is 75.3 Å². The van der Waals surface area contributed by atoms with Crippen molar-refractivity contribution in [3.05, 3.63) is 29.3 Å². The number of rotatable bonds is 1. The summed E-state index contributed by atoms with van der Waals surface area (Å²) in [5.41, 5.74) is 6.92. The molecule has 2 rings (SSSR count). The van der Waals surface area contributed by atoms with Crippen molar-refractivity contribution in [3.8, 4) is 0 Å². The molecule has 0 unspecified atom stereocenters. The molecule has 0 aliphatic carbocycles. The van der Waals surface area contributed by atoms with Gasteiger partial charge in [0, 0.05) is 11.3 Å². The van der Waals surface area contributed by atoms with E-state index in [0.29, 0.717) is 11.3 Å². The maximum absolute atomic E-state index is 11.5. The van der Waals surface area contributed by atoms with Crippen LogP contribution in [-0.4, -0.2) is 17.6 Å². The van der Waals surface area contributed by atoms with Crippen LogP contribution in [0, 0.1) is 6.92 Å². The fourth-order valence-electron chi connectivity index (χ4n) is 1.65. The average Bonchev–Trinajstić information content (AvgIpc) is 2.41. The summed E-state index contributed by atoms with van der Waals surface area (Å²) in [6.07, 6.45) is 0. The standard InChI is InChI=1S/C10H12N2O2/c1-6-2-3-8-7(4-6)10(11,5-13)9(14)12-8/h2-4,13H,5,11H2,1H3,(H,12,14)/t10-/m1/s1. The Labute approximate surface area is 81.7 Å². The van der Waals surface area contributed by atoms with E-state index in [1.54, 1.807) is 6.07 Å². The van der Waals surface area contributed by atoms with Crippen LogP contribution in [-0.2, 0) is 10.3 Å². The molecular formula is C10H12N2O2. The Balaban J connectivity index is 2.61. The second kappa shape index (κ2) is 2.80. The van der Waals surface area contributed by atoms with Gasteiger partial charge < -0.3 is 16.2 Å². The second-order valence-electron chi connectivity index (χ2n) is 3.63. The molecule has 0 saturated carbocycles. The predicted octanol–water partition coefficient (Wildman–Crippen LogP) is 0.0934. The van der Waals surface area contributed by atoms with Crippen molar-refractivity contribution < 1.29 is 9.90 Å². The van der Waals surface area contributed by atoms with E-state index in [1.165, 1.54) is 0 Å². The number of amides is 1. The van der Waals surface area contributed by atoms with Crippen molar-refractivity contribution in [2.45, 2.75) is 12.5 Å². The largest absolute Gasteiger partial charge is 0.394 e. The normalized spacial score (nSPS) is 24.6. The lowest BCUT2D eigenvalue weighted by molar-refractivity contribution is -0.122. The first-order valence-corrected chi connectivity index (χ1v) is 4.40. The highest BCUT2D eigenvalue weighted by Crippen LogP contribution is 2.34. The lowest BCUT2D eigenvalue weighted by atomic mass is 9.92. The van der Waals surface area contributed by atoms with Crippen LogP contribution in [0.2, 0.25) is 0 Å². The van der Waals surface area contributed by atoms with Gasteiger partial charge in [-0.2, -0.15) is 0 Å². The smallest absolute Gasteiger partial charge is 0.251 e. The minimum atomic E-state index is -1.28. The van der Waals surface area contributed by atoms with Gasteiger partial charge >= 0.3 is 0 Å². The number of aliphatic hydroxyl groups is 1. The lowest BCUT2D eigenvalue weighted by Crippen LogP contribution is -2.46. The third-order valence-corrected chi connectivity index (χ3v) is 2.56. The Hall–Kier alpha value is -1.39. The number of benzene rings is 1.